The minimum absolute atomic E-state index is 0.0442. The molecular weight excluding hydrogens is 180 g/mol. The van der Waals surface area contributed by atoms with Gasteiger partial charge in [-0.15, -0.1) is 0 Å². The van der Waals surface area contributed by atoms with Gasteiger partial charge in [-0.3, -0.25) is 0 Å². The Bertz CT molecular complexity index is 359. The van der Waals surface area contributed by atoms with E-state index in [1.807, 2.05) is 0 Å². The fraction of sp³-hybridized carbons (Fsp3) is 0.375. The lowest BCUT2D eigenvalue weighted by Gasteiger charge is -1.98. The third-order valence-electron chi connectivity index (χ3n) is 2.11. The zero-order valence-corrected chi connectivity index (χ0v) is 6.58. The van der Waals surface area contributed by atoms with Crippen molar-refractivity contribution in [3.63, 3.8) is 0 Å². The summed E-state index contributed by atoms with van der Waals surface area (Å²) in [5.74, 6) is -3.75. The van der Waals surface area contributed by atoms with Gasteiger partial charge in [0.2, 0.25) is 0 Å². The van der Waals surface area contributed by atoms with Crippen molar-refractivity contribution in [1.82, 2.24) is 4.57 Å². The molecule has 0 aliphatic heterocycles. The quantitative estimate of drug-likeness (QED) is 0.766. The second-order valence-corrected chi connectivity index (χ2v) is 3.13. The van der Waals surface area contributed by atoms with Crippen LogP contribution in [0.3, 0.4) is 0 Å². The minimum Gasteiger partial charge on any atom is -0.478 e. The van der Waals surface area contributed by atoms with Crippen molar-refractivity contribution >= 4 is 5.97 Å². The Balaban J connectivity index is 2.20. The van der Waals surface area contributed by atoms with Crippen LogP contribution in [-0.4, -0.2) is 21.6 Å². The number of carboxylic acids is 1. The molecule has 70 valence electrons. The summed E-state index contributed by atoms with van der Waals surface area (Å²) in [5, 5.41) is 8.53. The van der Waals surface area contributed by atoms with Crippen molar-refractivity contribution in [2.75, 3.05) is 0 Å². The number of nitrogens with zero attached hydrogens (tertiary/aromatic N) is 1. The van der Waals surface area contributed by atoms with Gasteiger partial charge in [-0.1, -0.05) is 0 Å². The van der Waals surface area contributed by atoms with Crippen molar-refractivity contribution in [1.29, 1.82) is 0 Å². The number of alkyl halides is 2. The smallest absolute Gasteiger partial charge is 0.337 e. The molecule has 1 aromatic heterocycles. The number of halogens is 2. The van der Waals surface area contributed by atoms with Gasteiger partial charge in [0.25, 0.3) is 5.92 Å². The largest absolute Gasteiger partial charge is 0.478 e. The number of carbonyl (C=O) groups is 1. The molecule has 0 bridgehead atoms. The lowest BCUT2D eigenvalue weighted by Crippen LogP contribution is -2.00. The van der Waals surface area contributed by atoms with Gasteiger partial charge in [0.1, 0.15) is 6.04 Å². The summed E-state index contributed by atoms with van der Waals surface area (Å²) < 4.78 is 26.3. The fourth-order valence-electron chi connectivity index (χ4n) is 1.26. The Labute approximate surface area is 72.6 Å². The van der Waals surface area contributed by atoms with Crippen molar-refractivity contribution < 1.29 is 18.7 Å². The lowest BCUT2D eigenvalue weighted by atomic mass is 10.4. The van der Waals surface area contributed by atoms with Crippen molar-refractivity contribution in [2.45, 2.75) is 18.4 Å². The first-order chi connectivity index (χ1) is 6.00. The van der Waals surface area contributed by atoms with Gasteiger partial charge in [-0.2, -0.15) is 0 Å². The molecule has 13 heavy (non-hydrogen) atoms. The molecule has 0 aromatic carbocycles. The van der Waals surface area contributed by atoms with Crippen LogP contribution in [0.25, 0.3) is 0 Å². The predicted molar refractivity (Wildman–Crippen MR) is 40.0 cm³/mol. The van der Waals surface area contributed by atoms with Gasteiger partial charge in [-0.25, -0.2) is 13.6 Å². The molecule has 0 saturated heterocycles. The second kappa shape index (κ2) is 2.31. The third-order valence-corrected chi connectivity index (χ3v) is 2.11. The Morgan fingerprint density at radius 1 is 1.69 bits per heavy atom. The first-order valence-corrected chi connectivity index (χ1v) is 3.79. The molecule has 0 amide bonds. The van der Waals surface area contributed by atoms with Gasteiger partial charge in [-0.05, 0) is 6.07 Å². The standard InChI is InChI=1S/C8H7F2NO2/c9-8(10)3-6(8)11-2-1-5(4-11)7(12)13/h1-2,4,6H,3H2,(H,12,13). The summed E-state index contributed by atoms with van der Waals surface area (Å²) in [4.78, 5) is 10.4. The average molecular weight is 187 g/mol. The van der Waals surface area contributed by atoms with Gasteiger partial charge >= 0.3 is 5.97 Å². The van der Waals surface area contributed by atoms with E-state index in [9.17, 15) is 13.6 Å². The summed E-state index contributed by atoms with van der Waals surface area (Å²) in [7, 11) is 0. The highest BCUT2D eigenvalue weighted by Crippen LogP contribution is 2.52. The molecule has 1 fully saturated rings. The maximum absolute atomic E-state index is 12.5. The predicted octanol–water partition coefficient (Wildman–Crippen LogP) is 1.77. The summed E-state index contributed by atoms with van der Waals surface area (Å²) >= 11 is 0. The van der Waals surface area contributed by atoms with Crippen LogP contribution >= 0.6 is 0 Å². The molecule has 3 nitrogen and oxygen atoms in total. The van der Waals surface area contributed by atoms with Crippen molar-refractivity contribution in [3.8, 4) is 0 Å². The van der Waals surface area contributed by atoms with Crippen LogP contribution < -0.4 is 0 Å². The molecule has 0 radical (unpaired) electrons. The van der Waals surface area contributed by atoms with Crippen LogP contribution in [0, 0.1) is 0 Å². The van der Waals surface area contributed by atoms with Crippen LogP contribution in [0.4, 0.5) is 8.78 Å². The third kappa shape index (κ3) is 1.30. The van der Waals surface area contributed by atoms with Crippen LogP contribution in [0.5, 0.6) is 0 Å². The van der Waals surface area contributed by atoms with Crippen LogP contribution in [0.2, 0.25) is 0 Å². The van der Waals surface area contributed by atoms with Gasteiger partial charge in [0.15, 0.2) is 0 Å². The monoisotopic (exact) mass is 187 g/mol. The second-order valence-electron chi connectivity index (χ2n) is 3.13. The molecular formula is C8H7F2NO2. The lowest BCUT2D eigenvalue weighted by molar-refractivity contribution is 0.0695. The highest BCUT2D eigenvalue weighted by molar-refractivity contribution is 5.87. The molecule has 1 aromatic rings. The SMILES string of the molecule is O=C(O)c1ccn(C2CC2(F)F)c1. The molecule has 1 unspecified atom stereocenters. The summed E-state index contributed by atoms with van der Waals surface area (Å²) in [6.07, 6.45) is 2.41. The number of hydrogen-bond donors (Lipinski definition) is 1. The van der Waals surface area contributed by atoms with E-state index in [4.69, 9.17) is 5.11 Å². The first kappa shape index (κ1) is 8.22. The number of aromatic nitrogens is 1. The van der Waals surface area contributed by atoms with E-state index in [1.165, 1.54) is 23.0 Å². The Morgan fingerprint density at radius 2 is 2.31 bits per heavy atom. The first-order valence-electron chi connectivity index (χ1n) is 3.79. The fourth-order valence-corrected chi connectivity index (χ4v) is 1.26. The van der Waals surface area contributed by atoms with Crippen molar-refractivity contribution in [3.05, 3.63) is 24.0 Å². The van der Waals surface area contributed by atoms with E-state index < -0.39 is 17.9 Å². The van der Waals surface area contributed by atoms with Crippen LogP contribution in [-0.2, 0) is 0 Å². The molecule has 1 atom stereocenters. The highest BCUT2D eigenvalue weighted by Gasteiger charge is 2.58. The van der Waals surface area contributed by atoms with E-state index in [1.54, 1.807) is 0 Å². The molecule has 2 rings (SSSR count). The average Bonchev–Trinajstić information content (AvgIpc) is 2.50. The highest BCUT2D eigenvalue weighted by atomic mass is 19.3. The van der Waals surface area contributed by atoms with Crippen LogP contribution in [0.15, 0.2) is 18.5 Å². The Kier molecular flexibility index (Phi) is 1.46. The minimum atomic E-state index is -2.66. The maximum Gasteiger partial charge on any atom is 0.337 e. The number of aromatic carboxylic acids is 1. The van der Waals surface area contributed by atoms with E-state index in [-0.39, 0.29) is 12.0 Å². The summed E-state index contributed by atoms with van der Waals surface area (Å²) in [6.45, 7) is 0. The van der Waals surface area contributed by atoms with Gasteiger partial charge in [0, 0.05) is 18.8 Å². The zero-order valence-electron chi connectivity index (χ0n) is 6.58. The summed E-state index contributed by atoms with van der Waals surface area (Å²) in [5.41, 5.74) is 0.0442. The molecule has 0 spiro atoms. The normalized spacial score (nSPS) is 24.3. The number of rotatable bonds is 2. The van der Waals surface area contributed by atoms with Gasteiger partial charge in [0.05, 0.1) is 5.56 Å². The van der Waals surface area contributed by atoms with Crippen LogP contribution in [0.1, 0.15) is 22.8 Å². The molecule has 5 heteroatoms. The molecule has 1 heterocycles. The zero-order chi connectivity index (χ0) is 9.64. The molecule has 1 aliphatic rings. The number of hydrogen-bond acceptors (Lipinski definition) is 1. The number of carboxylic acid groups (broad SMARTS) is 1. The maximum atomic E-state index is 12.5. The Hall–Kier alpha value is -1.39. The van der Waals surface area contributed by atoms with E-state index in [0.29, 0.717) is 0 Å². The summed E-state index contributed by atoms with van der Waals surface area (Å²) in [6, 6.07) is 0.470. The molecule has 1 saturated carbocycles. The van der Waals surface area contributed by atoms with E-state index in [2.05, 4.69) is 0 Å². The molecule has 1 N–H and O–H groups in total. The topological polar surface area (TPSA) is 42.2 Å². The Morgan fingerprint density at radius 3 is 2.69 bits per heavy atom. The van der Waals surface area contributed by atoms with E-state index in [0.717, 1.165) is 0 Å². The van der Waals surface area contributed by atoms with E-state index >= 15 is 0 Å². The van der Waals surface area contributed by atoms with Gasteiger partial charge < -0.3 is 9.67 Å². The molecule has 1 aliphatic carbocycles. The van der Waals surface area contributed by atoms with Crippen molar-refractivity contribution in [2.24, 2.45) is 0 Å².